The van der Waals surface area contributed by atoms with Gasteiger partial charge >= 0.3 is 5.97 Å². The second-order valence-corrected chi connectivity index (χ2v) is 6.43. The van der Waals surface area contributed by atoms with E-state index in [0.717, 1.165) is 10.9 Å². The number of aryl methyl sites for hydroxylation is 1. The molecule has 0 saturated heterocycles. The van der Waals surface area contributed by atoms with Crippen LogP contribution in [0.15, 0.2) is 54.1 Å². The highest BCUT2D eigenvalue weighted by Gasteiger charge is 2.12. The van der Waals surface area contributed by atoms with Crippen LogP contribution in [-0.2, 0) is 4.79 Å². The van der Waals surface area contributed by atoms with E-state index in [-0.39, 0.29) is 16.3 Å². The second kappa shape index (κ2) is 7.91. The monoisotopic (exact) mass is 391 g/mol. The highest BCUT2D eigenvalue weighted by Crippen LogP contribution is 2.24. The molecule has 0 aliphatic heterocycles. The molecule has 7 heteroatoms. The molecule has 0 aliphatic rings. The molecule has 0 spiro atoms. The number of rotatable bonds is 4. The molecule has 0 aliphatic carbocycles. The number of amides is 1. The molecule has 28 heavy (non-hydrogen) atoms. The average molecular weight is 392 g/mol. The summed E-state index contributed by atoms with van der Waals surface area (Å²) in [5, 5.41) is 21.9. The smallest absolute Gasteiger partial charge is 0.335 e. The fraction of sp³-hybridized carbons (Fsp3) is 0.0476. The summed E-state index contributed by atoms with van der Waals surface area (Å²) < 4.78 is 0. The molecule has 1 amide bonds. The summed E-state index contributed by atoms with van der Waals surface area (Å²) in [4.78, 5) is 27.6. The van der Waals surface area contributed by atoms with Gasteiger partial charge < -0.3 is 10.4 Å². The molecule has 0 bridgehead atoms. The van der Waals surface area contributed by atoms with Gasteiger partial charge in [-0.3, -0.25) is 4.79 Å². The first-order valence-corrected chi connectivity index (χ1v) is 8.58. The van der Waals surface area contributed by atoms with E-state index in [9.17, 15) is 14.9 Å². The number of carboxylic acid groups (broad SMARTS) is 1. The number of carboxylic acids is 1. The van der Waals surface area contributed by atoms with Crippen LogP contribution in [0.5, 0.6) is 0 Å². The summed E-state index contributed by atoms with van der Waals surface area (Å²) in [6.45, 7) is 1.95. The SMILES string of the molecule is Cc1ccc2nc(Cl)c(C=C(C#N)C(=O)Nc3ccc(C(=O)O)cc3)cc2c1. The minimum Gasteiger partial charge on any atom is -0.478 e. The number of nitrogens with one attached hydrogen (secondary N) is 1. The molecule has 0 saturated carbocycles. The fourth-order valence-corrected chi connectivity index (χ4v) is 2.79. The first-order chi connectivity index (χ1) is 13.4. The molecule has 2 aromatic carbocycles. The van der Waals surface area contributed by atoms with Gasteiger partial charge in [0.25, 0.3) is 5.91 Å². The zero-order valence-corrected chi connectivity index (χ0v) is 15.5. The summed E-state index contributed by atoms with van der Waals surface area (Å²) in [5.74, 6) is -1.70. The quantitative estimate of drug-likeness (QED) is 0.388. The zero-order chi connectivity index (χ0) is 20.3. The maximum atomic E-state index is 12.4. The number of hydrogen-bond donors (Lipinski definition) is 2. The first kappa shape index (κ1) is 19.1. The van der Waals surface area contributed by atoms with Crippen molar-refractivity contribution in [2.75, 3.05) is 5.32 Å². The lowest BCUT2D eigenvalue weighted by Crippen LogP contribution is -2.13. The van der Waals surface area contributed by atoms with E-state index in [1.54, 1.807) is 6.07 Å². The van der Waals surface area contributed by atoms with Crippen molar-refractivity contribution in [1.29, 1.82) is 5.26 Å². The Morgan fingerprint density at radius 2 is 1.89 bits per heavy atom. The van der Waals surface area contributed by atoms with E-state index in [1.165, 1.54) is 30.3 Å². The van der Waals surface area contributed by atoms with Crippen molar-refractivity contribution in [2.45, 2.75) is 6.92 Å². The van der Waals surface area contributed by atoms with Gasteiger partial charge in [0, 0.05) is 16.6 Å². The Labute approximate surface area is 165 Å². The highest BCUT2D eigenvalue weighted by molar-refractivity contribution is 6.31. The molecule has 0 unspecified atom stereocenters. The van der Waals surface area contributed by atoms with Gasteiger partial charge in [0.1, 0.15) is 16.8 Å². The molecule has 0 radical (unpaired) electrons. The third-order valence-electron chi connectivity index (χ3n) is 4.01. The molecule has 1 aromatic heterocycles. The number of fused-ring (bicyclic) bond motifs is 1. The number of benzene rings is 2. The van der Waals surface area contributed by atoms with Gasteiger partial charge in [-0.05, 0) is 55.5 Å². The Hall–Kier alpha value is -3.69. The number of anilines is 1. The molecule has 2 N–H and O–H groups in total. The molecule has 138 valence electrons. The first-order valence-electron chi connectivity index (χ1n) is 8.21. The van der Waals surface area contributed by atoms with Gasteiger partial charge in [0.05, 0.1) is 11.1 Å². The number of nitrogens with zero attached hydrogens (tertiary/aromatic N) is 2. The van der Waals surface area contributed by atoms with Crippen LogP contribution in [0.3, 0.4) is 0 Å². The lowest BCUT2D eigenvalue weighted by atomic mass is 10.1. The van der Waals surface area contributed by atoms with Crippen molar-refractivity contribution in [3.63, 3.8) is 0 Å². The van der Waals surface area contributed by atoms with Crippen LogP contribution < -0.4 is 5.32 Å². The third-order valence-corrected chi connectivity index (χ3v) is 4.31. The third kappa shape index (κ3) is 4.17. The van der Waals surface area contributed by atoms with Crippen molar-refractivity contribution < 1.29 is 14.7 Å². The van der Waals surface area contributed by atoms with Crippen LogP contribution in [0.4, 0.5) is 5.69 Å². The predicted octanol–water partition coefficient (Wildman–Crippen LogP) is 4.44. The van der Waals surface area contributed by atoms with Gasteiger partial charge in [-0.25, -0.2) is 9.78 Å². The summed E-state index contributed by atoms with van der Waals surface area (Å²) in [5.41, 5.74) is 2.53. The van der Waals surface area contributed by atoms with Crippen molar-refractivity contribution in [3.05, 3.63) is 75.9 Å². The van der Waals surface area contributed by atoms with E-state index in [0.29, 0.717) is 16.8 Å². The van der Waals surface area contributed by atoms with Crippen molar-refractivity contribution >= 4 is 46.1 Å². The predicted molar refractivity (Wildman–Crippen MR) is 107 cm³/mol. The van der Waals surface area contributed by atoms with E-state index in [1.807, 2.05) is 31.2 Å². The van der Waals surface area contributed by atoms with Crippen LogP contribution in [0, 0.1) is 18.3 Å². The van der Waals surface area contributed by atoms with Gasteiger partial charge in [-0.15, -0.1) is 0 Å². The highest BCUT2D eigenvalue weighted by atomic mass is 35.5. The second-order valence-electron chi connectivity index (χ2n) is 6.07. The van der Waals surface area contributed by atoms with E-state index < -0.39 is 11.9 Å². The number of carbonyl (C=O) groups is 2. The number of halogens is 1. The number of pyridine rings is 1. The molecular formula is C21H14ClN3O3. The van der Waals surface area contributed by atoms with Crippen LogP contribution >= 0.6 is 11.6 Å². The number of carbonyl (C=O) groups excluding carboxylic acids is 1. The molecule has 0 fully saturated rings. The van der Waals surface area contributed by atoms with Crippen molar-refractivity contribution in [3.8, 4) is 6.07 Å². The largest absolute Gasteiger partial charge is 0.478 e. The summed E-state index contributed by atoms with van der Waals surface area (Å²) >= 11 is 6.20. The molecule has 1 heterocycles. The Balaban J connectivity index is 1.89. The van der Waals surface area contributed by atoms with Gasteiger partial charge in [0.2, 0.25) is 0 Å². The van der Waals surface area contributed by atoms with E-state index in [2.05, 4.69) is 10.3 Å². The van der Waals surface area contributed by atoms with E-state index >= 15 is 0 Å². The van der Waals surface area contributed by atoms with Gasteiger partial charge in [0.15, 0.2) is 0 Å². The fourth-order valence-electron chi connectivity index (χ4n) is 2.59. The summed E-state index contributed by atoms with van der Waals surface area (Å²) in [6.07, 6.45) is 1.37. The van der Waals surface area contributed by atoms with Gasteiger partial charge in [-0.1, -0.05) is 23.2 Å². The number of aromatic carboxylic acids is 1. The topological polar surface area (TPSA) is 103 Å². The standard InChI is InChI=1S/C21H14ClN3O3/c1-12-2-7-18-14(8-12)9-15(19(22)25-18)10-16(11-23)20(26)24-17-5-3-13(4-6-17)21(27)28/h2-10H,1H3,(H,24,26)(H,27,28). The van der Waals surface area contributed by atoms with Gasteiger partial charge in [-0.2, -0.15) is 5.26 Å². The number of nitriles is 1. The lowest BCUT2D eigenvalue weighted by molar-refractivity contribution is -0.112. The summed E-state index contributed by atoms with van der Waals surface area (Å²) in [6, 6.07) is 15.0. The Morgan fingerprint density at radius 3 is 2.54 bits per heavy atom. The average Bonchev–Trinajstić information content (AvgIpc) is 2.67. The van der Waals surface area contributed by atoms with Crippen LogP contribution in [0.25, 0.3) is 17.0 Å². The normalized spacial score (nSPS) is 11.1. The van der Waals surface area contributed by atoms with Crippen LogP contribution in [0.1, 0.15) is 21.5 Å². The Kier molecular flexibility index (Phi) is 5.39. The Morgan fingerprint density at radius 1 is 1.18 bits per heavy atom. The minimum atomic E-state index is -1.07. The maximum absolute atomic E-state index is 12.4. The number of hydrogen-bond acceptors (Lipinski definition) is 4. The zero-order valence-electron chi connectivity index (χ0n) is 14.7. The van der Waals surface area contributed by atoms with Crippen molar-refractivity contribution in [1.82, 2.24) is 4.98 Å². The van der Waals surface area contributed by atoms with Crippen molar-refractivity contribution in [2.24, 2.45) is 0 Å². The summed E-state index contributed by atoms with van der Waals surface area (Å²) in [7, 11) is 0. The van der Waals surface area contributed by atoms with Crippen LogP contribution in [0.2, 0.25) is 5.15 Å². The van der Waals surface area contributed by atoms with Crippen LogP contribution in [-0.4, -0.2) is 22.0 Å². The molecule has 0 atom stereocenters. The minimum absolute atomic E-state index is 0.0957. The molecule has 3 aromatic rings. The molecule has 3 rings (SSSR count). The molecular weight excluding hydrogens is 378 g/mol. The number of aromatic nitrogens is 1. The van der Waals surface area contributed by atoms with E-state index in [4.69, 9.17) is 16.7 Å². The molecule has 6 nitrogen and oxygen atoms in total. The Bertz CT molecular complexity index is 1160. The maximum Gasteiger partial charge on any atom is 0.335 e. The lowest BCUT2D eigenvalue weighted by Gasteiger charge is -2.06.